The van der Waals surface area contributed by atoms with E-state index in [1.165, 1.54) is 11.9 Å². The predicted molar refractivity (Wildman–Crippen MR) is 65.2 cm³/mol. The average Bonchev–Trinajstić information content (AvgIpc) is 2.37. The minimum atomic E-state index is -0.823. The largest absolute Gasteiger partial charge is 0.762 e. The Morgan fingerprint density at radius 2 is 1.82 bits per heavy atom. The Labute approximate surface area is 102 Å². The van der Waals surface area contributed by atoms with Crippen LogP contribution in [0.2, 0.25) is 0 Å². The number of esters is 1. The van der Waals surface area contributed by atoms with Crippen molar-refractivity contribution in [2.75, 3.05) is 32.8 Å². The van der Waals surface area contributed by atoms with E-state index in [0.29, 0.717) is 6.54 Å². The third-order valence-corrected chi connectivity index (χ3v) is 3.24. The van der Waals surface area contributed by atoms with Gasteiger partial charge < -0.3 is 14.6 Å². The fraction of sp³-hybridized carbons (Fsp3) is 0.667. The highest BCUT2D eigenvalue weighted by Gasteiger charge is 2.21. The first-order chi connectivity index (χ1) is 8.09. The van der Waals surface area contributed by atoms with Crippen molar-refractivity contribution in [1.82, 2.24) is 0 Å². The van der Waals surface area contributed by atoms with Crippen molar-refractivity contribution in [1.29, 1.82) is 5.26 Å². The second-order valence-electron chi connectivity index (χ2n) is 3.75. The number of nitrogens with zero attached hydrogens (tertiary/aromatic N) is 3. The van der Waals surface area contributed by atoms with Crippen molar-refractivity contribution in [3.05, 3.63) is 11.0 Å². The predicted octanol–water partition coefficient (Wildman–Crippen LogP) is 1.10. The molecule has 0 rings (SSSR count). The van der Waals surface area contributed by atoms with E-state index in [-0.39, 0.29) is 6.61 Å². The summed E-state index contributed by atoms with van der Waals surface area (Å²) in [6, 6.07) is 1.52. The van der Waals surface area contributed by atoms with Crippen molar-refractivity contribution in [3.63, 3.8) is 0 Å². The summed E-state index contributed by atoms with van der Waals surface area (Å²) >= 11 is 0. The molecule has 0 unspecified atom stereocenters. The summed E-state index contributed by atoms with van der Waals surface area (Å²) in [5.41, 5.74) is -0.493. The SMILES string of the molecule is CC[N+](CC)(CC)CCOC(=O)C(=C=[N-])C#N. The van der Waals surface area contributed by atoms with Crippen LogP contribution in [0, 0.1) is 11.3 Å². The van der Waals surface area contributed by atoms with Gasteiger partial charge in [0.1, 0.15) is 19.2 Å². The lowest BCUT2D eigenvalue weighted by Crippen LogP contribution is -2.49. The van der Waals surface area contributed by atoms with E-state index < -0.39 is 11.5 Å². The highest BCUT2D eigenvalue weighted by atomic mass is 16.5. The number of nitriles is 1. The molecule has 0 aliphatic rings. The summed E-state index contributed by atoms with van der Waals surface area (Å²) < 4.78 is 5.77. The zero-order valence-electron chi connectivity index (χ0n) is 10.7. The molecule has 94 valence electrons. The van der Waals surface area contributed by atoms with Crippen LogP contribution in [0.1, 0.15) is 20.8 Å². The van der Waals surface area contributed by atoms with Gasteiger partial charge in [-0.1, -0.05) is 0 Å². The molecule has 0 atom stereocenters. The number of carbonyl (C=O) groups is 1. The average molecular weight is 237 g/mol. The van der Waals surface area contributed by atoms with Gasteiger partial charge in [-0.2, -0.15) is 5.26 Å². The van der Waals surface area contributed by atoms with E-state index >= 15 is 0 Å². The van der Waals surface area contributed by atoms with Crippen LogP contribution in [0.25, 0.3) is 5.41 Å². The van der Waals surface area contributed by atoms with Crippen LogP contribution in [0.4, 0.5) is 0 Å². The fourth-order valence-electron chi connectivity index (χ4n) is 1.67. The Bertz CT molecular complexity index is 339. The standard InChI is InChI=1S/C12H19N3O2/c1-4-15(5-2,6-3)7-8-17-12(16)11(9-13)10-14/h4-8H2,1-3H3. The molecule has 0 bridgehead atoms. The molecule has 5 heteroatoms. The van der Waals surface area contributed by atoms with Crippen molar-refractivity contribution >= 4 is 11.8 Å². The maximum absolute atomic E-state index is 11.2. The Morgan fingerprint density at radius 1 is 1.29 bits per heavy atom. The smallest absolute Gasteiger partial charge is 0.355 e. The zero-order valence-corrected chi connectivity index (χ0v) is 10.7. The second-order valence-corrected chi connectivity index (χ2v) is 3.75. The number of likely N-dealkylation sites (N-methyl/N-ethyl adjacent to an activating group) is 1. The third-order valence-electron chi connectivity index (χ3n) is 3.24. The summed E-state index contributed by atoms with van der Waals surface area (Å²) in [5, 5.41) is 17.0. The first kappa shape index (κ1) is 15.4. The first-order valence-corrected chi connectivity index (χ1v) is 5.78. The normalized spacial score (nSPS) is 10.2. The molecule has 0 spiro atoms. The number of hydrogen-bond donors (Lipinski definition) is 0. The number of quaternary nitrogens is 1. The summed E-state index contributed by atoms with van der Waals surface area (Å²) in [6.07, 6.45) is 0. The molecule has 0 aromatic rings. The Kier molecular flexibility index (Phi) is 6.88. The fourth-order valence-corrected chi connectivity index (χ4v) is 1.67. The highest BCUT2D eigenvalue weighted by Crippen LogP contribution is 2.05. The minimum absolute atomic E-state index is 0.237. The van der Waals surface area contributed by atoms with Crippen LogP contribution in [0.5, 0.6) is 0 Å². The Balaban J connectivity index is 4.29. The van der Waals surface area contributed by atoms with Gasteiger partial charge in [0.15, 0.2) is 5.57 Å². The molecule has 0 aliphatic heterocycles. The Morgan fingerprint density at radius 3 is 2.18 bits per heavy atom. The maximum atomic E-state index is 11.2. The van der Waals surface area contributed by atoms with Gasteiger partial charge in [0, 0.05) is 0 Å². The lowest BCUT2D eigenvalue weighted by atomic mass is 10.3. The maximum Gasteiger partial charge on any atom is 0.355 e. The molecule has 0 aliphatic carbocycles. The van der Waals surface area contributed by atoms with Crippen LogP contribution >= 0.6 is 0 Å². The van der Waals surface area contributed by atoms with Gasteiger partial charge in [0.2, 0.25) is 0 Å². The molecule has 0 N–H and O–H groups in total. The highest BCUT2D eigenvalue weighted by molar-refractivity contribution is 6.02. The molecular formula is C12H19N3O2. The van der Waals surface area contributed by atoms with Crippen molar-refractivity contribution in [2.24, 2.45) is 0 Å². The van der Waals surface area contributed by atoms with E-state index in [9.17, 15) is 4.79 Å². The molecule has 0 saturated heterocycles. The van der Waals surface area contributed by atoms with Crippen molar-refractivity contribution in [2.45, 2.75) is 20.8 Å². The molecule has 0 radical (unpaired) electrons. The van der Waals surface area contributed by atoms with Gasteiger partial charge in [-0.05, 0) is 20.8 Å². The van der Waals surface area contributed by atoms with Crippen molar-refractivity contribution < 1.29 is 14.0 Å². The molecule has 0 fully saturated rings. The van der Waals surface area contributed by atoms with Crippen LogP contribution in [-0.2, 0) is 9.53 Å². The molecule has 0 saturated carbocycles. The van der Waals surface area contributed by atoms with Gasteiger partial charge >= 0.3 is 5.97 Å². The summed E-state index contributed by atoms with van der Waals surface area (Å²) in [4.78, 5) is 11.2. The molecule has 5 nitrogen and oxygen atoms in total. The van der Waals surface area contributed by atoms with E-state index in [4.69, 9.17) is 15.4 Å². The lowest BCUT2D eigenvalue weighted by molar-refractivity contribution is -0.923. The van der Waals surface area contributed by atoms with Gasteiger partial charge in [-0.25, -0.2) is 10.7 Å². The van der Waals surface area contributed by atoms with Crippen LogP contribution in [-0.4, -0.2) is 49.1 Å². The zero-order chi connectivity index (χ0) is 13.3. The monoisotopic (exact) mass is 237 g/mol. The van der Waals surface area contributed by atoms with E-state index in [1.54, 1.807) is 0 Å². The molecule has 17 heavy (non-hydrogen) atoms. The van der Waals surface area contributed by atoms with E-state index in [2.05, 4.69) is 20.8 Å². The molecule has 0 aromatic heterocycles. The number of ether oxygens (including phenoxy) is 1. The van der Waals surface area contributed by atoms with Crippen LogP contribution in [0.15, 0.2) is 5.57 Å². The summed E-state index contributed by atoms with van der Waals surface area (Å²) in [5.74, 6) is 0.694. The third kappa shape index (κ3) is 4.39. The Hall–Kier alpha value is -1.63. The molecule has 0 amide bonds. The lowest BCUT2D eigenvalue weighted by Gasteiger charge is -2.35. The van der Waals surface area contributed by atoms with E-state index in [0.717, 1.165) is 24.1 Å². The van der Waals surface area contributed by atoms with Gasteiger partial charge in [-0.3, -0.25) is 0 Å². The number of carbonyl (C=O) groups excluding carboxylic acids is 1. The molecule has 0 heterocycles. The summed E-state index contributed by atoms with van der Waals surface area (Å²) in [7, 11) is 0. The van der Waals surface area contributed by atoms with E-state index in [1.807, 2.05) is 0 Å². The molecule has 0 aromatic carbocycles. The number of rotatable bonds is 7. The number of hydrogen-bond acceptors (Lipinski definition) is 3. The molecular weight excluding hydrogens is 218 g/mol. The topological polar surface area (TPSA) is 72.4 Å². The minimum Gasteiger partial charge on any atom is -0.762 e. The van der Waals surface area contributed by atoms with Gasteiger partial charge in [0.05, 0.1) is 19.6 Å². The van der Waals surface area contributed by atoms with Gasteiger partial charge in [-0.15, -0.1) is 0 Å². The first-order valence-electron chi connectivity index (χ1n) is 5.78. The van der Waals surface area contributed by atoms with Crippen LogP contribution in [0.3, 0.4) is 0 Å². The second kappa shape index (κ2) is 7.61. The summed E-state index contributed by atoms with van der Waals surface area (Å²) in [6.45, 7) is 10.1. The quantitative estimate of drug-likeness (QED) is 0.219. The van der Waals surface area contributed by atoms with Crippen molar-refractivity contribution in [3.8, 4) is 6.07 Å². The van der Waals surface area contributed by atoms with Gasteiger partial charge in [0.25, 0.3) is 0 Å². The van der Waals surface area contributed by atoms with Crippen LogP contribution < -0.4 is 0 Å².